The first kappa shape index (κ1) is 14.7. The van der Waals surface area contributed by atoms with Crippen molar-refractivity contribution >= 4 is 33.2 Å². The van der Waals surface area contributed by atoms with E-state index in [-0.39, 0.29) is 23.0 Å². The average molecular weight is 297 g/mol. The Bertz CT molecular complexity index is 503. The number of hydrogen-bond acceptors (Lipinski definition) is 3. The molecule has 96 valence electrons. The maximum atomic E-state index is 12.0. The van der Waals surface area contributed by atoms with Crippen molar-refractivity contribution < 1.29 is 8.42 Å². The van der Waals surface area contributed by atoms with E-state index in [9.17, 15) is 8.42 Å². The summed E-state index contributed by atoms with van der Waals surface area (Å²) in [5.74, 6) is 0. The average Bonchev–Trinajstić information content (AvgIpc) is 2.24. The van der Waals surface area contributed by atoms with E-state index < -0.39 is 10.0 Å². The fourth-order valence-electron chi connectivity index (χ4n) is 1.40. The van der Waals surface area contributed by atoms with Gasteiger partial charge in [-0.05, 0) is 31.0 Å². The van der Waals surface area contributed by atoms with Crippen LogP contribution in [0.15, 0.2) is 11.0 Å². The first-order valence-electron chi connectivity index (χ1n) is 4.96. The van der Waals surface area contributed by atoms with Crippen LogP contribution in [0.25, 0.3) is 0 Å². The zero-order valence-electron chi connectivity index (χ0n) is 9.55. The molecule has 0 aromatic heterocycles. The third-order valence-corrected chi connectivity index (χ3v) is 4.92. The van der Waals surface area contributed by atoms with Crippen LogP contribution >= 0.6 is 23.2 Å². The minimum atomic E-state index is -3.68. The lowest BCUT2D eigenvalue weighted by Gasteiger charge is -2.13. The summed E-state index contributed by atoms with van der Waals surface area (Å²) in [6.45, 7) is 3.69. The molecule has 1 aromatic rings. The van der Waals surface area contributed by atoms with Crippen LogP contribution < -0.4 is 10.5 Å². The fourth-order valence-corrected chi connectivity index (χ4v) is 3.65. The molecule has 1 rings (SSSR count). The Morgan fingerprint density at radius 2 is 1.94 bits per heavy atom. The largest absolute Gasteiger partial charge is 0.329 e. The summed E-state index contributed by atoms with van der Waals surface area (Å²) >= 11 is 12.0. The molecule has 0 fully saturated rings. The van der Waals surface area contributed by atoms with Gasteiger partial charge in [-0.2, -0.15) is 0 Å². The highest BCUT2D eigenvalue weighted by molar-refractivity contribution is 7.89. The third-order valence-electron chi connectivity index (χ3n) is 2.29. The minimum Gasteiger partial charge on any atom is -0.329 e. The fraction of sp³-hybridized carbons (Fsp3) is 0.400. The normalized spacial score (nSPS) is 11.8. The van der Waals surface area contributed by atoms with Gasteiger partial charge in [-0.15, -0.1) is 0 Å². The van der Waals surface area contributed by atoms with Gasteiger partial charge in [-0.25, -0.2) is 13.1 Å². The molecule has 0 saturated carbocycles. The molecule has 0 aliphatic heterocycles. The Hall–Kier alpha value is -0.330. The predicted octanol–water partition coefficient (Wildman–Crippen LogP) is 1.85. The molecule has 0 spiro atoms. The standard InChI is InChI=1S/C10H14Cl2N2O2S/c1-6-5-8(11)7(2)10(9(6)12)17(15,16)14-4-3-13/h5,14H,3-4,13H2,1-2H3. The summed E-state index contributed by atoms with van der Waals surface area (Å²) in [4.78, 5) is 0.0256. The highest BCUT2D eigenvalue weighted by Crippen LogP contribution is 2.33. The van der Waals surface area contributed by atoms with Gasteiger partial charge in [0.05, 0.1) is 5.02 Å². The summed E-state index contributed by atoms with van der Waals surface area (Å²) in [7, 11) is -3.68. The molecule has 4 nitrogen and oxygen atoms in total. The lowest BCUT2D eigenvalue weighted by Crippen LogP contribution is -2.30. The number of nitrogens with two attached hydrogens (primary N) is 1. The van der Waals surface area contributed by atoms with Gasteiger partial charge >= 0.3 is 0 Å². The highest BCUT2D eigenvalue weighted by atomic mass is 35.5. The van der Waals surface area contributed by atoms with Crippen LogP contribution in [0.2, 0.25) is 10.0 Å². The Labute approximate surface area is 111 Å². The summed E-state index contributed by atoms with van der Waals surface area (Å²) in [6, 6.07) is 1.64. The van der Waals surface area contributed by atoms with Crippen molar-refractivity contribution in [3.05, 3.63) is 27.2 Å². The Balaban J connectivity index is 3.40. The molecule has 0 atom stereocenters. The second-order valence-electron chi connectivity index (χ2n) is 3.63. The van der Waals surface area contributed by atoms with Gasteiger partial charge in [0.25, 0.3) is 0 Å². The summed E-state index contributed by atoms with van der Waals surface area (Å²) in [5.41, 5.74) is 6.32. The minimum absolute atomic E-state index is 0.0256. The van der Waals surface area contributed by atoms with Gasteiger partial charge in [-0.3, -0.25) is 0 Å². The number of benzene rings is 1. The zero-order valence-corrected chi connectivity index (χ0v) is 11.9. The number of nitrogens with one attached hydrogen (secondary N) is 1. The van der Waals surface area contributed by atoms with Crippen LogP contribution in [0.1, 0.15) is 11.1 Å². The second-order valence-corrected chi connectivity index (χ2v) is 6.12. The third kappa shape index (κ3) is 3.11. The van der Waals surface area contributed by atoms with Crippen molar-refractivity contribution in [2.24, 2.45) is 5.73 Å². The van der Waals surface area contributed by atoms with Crippen LogP contribution in [-0.4, -0.2) is 21.5 Å². The molecule has 0 heterocycles. The van der Waals surface area contributed by atoms with Crippen LogP contribution in [0.4, 0.5) is 0 Å². The van der Waals surface area contributed by atoms with E-state index in [1.165, 1.54) is 0 Å². The molecule has 3 N–H and O–H groups in total. The zero-order chi connectivity index (χ0) is 13.2. The number of sulfonamides is 1. The van der Waals surface area contributed by atoms with Crippen molar-refractivity contribution in [3.8, 4) is 0 Å². The molecule has 17 heavy (non-hydrogen) atoms. The molecule has 0 radical (unpaired) electrons. The van der Waals surface area contributed by atoms with Gasteiger partial charge in [0.15, 0.2) is 0 Å². The number of halogens is 2. The molecule has 0 unspecified atom stereocenters. The van der Waals surface area contributed by atoms with E-state index in [0.29, 0.717) is 16.1 Å². The molecular formula is C10H14Cl2N2O2S. The monoisotopic (exact) mass is 296 g/mol. The Morgan fingerprint density at radius 1 is 1.35 bits per heavy atom. The van der Waals surface area contributed by atoms with Gasteiger partial charge in [-0.1, -0.05) is 23.2 Å². The van der Waals surface area contributed by atoms with Crippen molar-refractivity contribution in [2.45, 2.75) is 18.7 Å². The van der Waals surface area contributed by atoms with E-state index in [1.54, 1.807) is 19.9 Å². The molecular weight excluding hydrogens is 283 g/mol. The maximum absolute atomic E-state index is 12.0. The molecule has 0 saturated heterocycles. The van der Waals surface area contributed by atoms with Gasteiger partial charge in [0, 0.05) is 18.1 Å². The molecule has 1 aromatic carbocycles. The predicted molar refractivity (Wildman–Crippen MR) is 70.2 cm³/mol. The molecule has 0 amide bonds. The van der Waals surface area contributed by atoms with Crippen molar-refractivity contribution in [2.75, 3.05) is 13.1 Å². The van der Waals surface area contributed by atoms with E-state index in [0.717, 1.165) is 0 Å². The van der Waals surface area contributed by atoms with Crippen molar-refractivity contribution in [1.82, 2.24) is 4.72 Å². The van der Waals surface area contributed by atoms with Gasteiger partial charge in [0.1, 0.15) is 4.90 Å². The molecule has 0 aliphatic rings. The van der Waals surface area contributed by atoms with E-state index in [4.69, 9.17) is 28.9 Å². The van der Waals surface area contributed by atoms with E-state index in [1.807, 2.05) is 0 Å². The van der Waals surface area contributed by atoms with Crippen LogP contribution in [-0.2, 0) is 10.0 Å². The van der Waals surface area contributed by atoms with Crippen LogP contribution in [0.3, 0.4) is 0 Å². The van der Waals surface area contributed by atoms with E-state index in [2.05, 4.69) is 4.72 Å². The Kier molecular flexibility index (Phi) is 4.80. The number of rotatable bonds is 4. The van der Waals surface area contributed by atoms with Gasteiger partial charge in [0.2, 0.25) is 10.0 Å². The van der Waals surface area contributed by atoms with Crippen molar-refractivity contribution in [3.63, 3.8) is 0 Å². The first-order valence-corrected chi connectivity index (χ1v) is 7.20. The van der Waals surface area contributed by atoms with E-state index >= 15 is 0 Å². The highest BCUT2D eigenvalue weighted by Gasteiger charge is 2.23. The Morgan fingerprint density at radius 3 is 2.47 bits per heavy atom. The quantitative estimate of drug-likeness (QED) is 0.891. The SMILES string of the molecule is Cc1cc(Cl)c(C)c(S(=O)(=O)NCCN)c1Cl. The smallest absolute Gasteiger partial charge is 0.242 e. The topological polar surface area (TPSA) is 72.2 Å². The lowest BCUT2D eigenvalue weighted by atomic mass is 10.2. The van der Waals surface area contributed by atoms with Crippen LogP contribution in [0, 0.1) is 13.8 Å². The molecule has 0 bridgehead atoms. The maximum Gasteiger partial charge on any atom is 0.242 e. The second kappa shape index (κ2) is 5.54. The van der Waals surface area contributed by atoms with Crippen LogP contribution in [0.5, 0.6) is 0 Å². The molecule has 0 aliphatic carbocycles. The number of aryl methyl sites for hydroxylation is 1. The summed E-state index contributed by atoms with van der Waals surface area (Å²) in [6.07, 6.45) is 0. The van der Waals surface area contributed by atoms with Gasteiger partial charge < -0.3 is 5.73 Å². The lowest BCUT2D eigenvalue weighted by molar-refractivity contribution is 0.581. The molecule has 7 heteroatoms. The summed E-state index contributed by atoms with van der Waals surface area (Å²) < 4.78 is 26.4. The summed E-state index contributed by atoms with van der Waals surface area (Å²) in [5, 5.41) is 0.566. The first-order chi connectivity index (χ1) is 7.81. The van der Waals surface area contributed by atoms with Crippen molar-refractivity contribution in [1.29, 1.82) is 0 Å². The number of hydrogen-bond donors (Lipinski definition) is 2.